The molecule has 0 aromatic heterocycles. The third kappa shape index (κ3) is 4.07. The summed E-state index contributed by atoms with van der Waals surface area (Å²) in [6, 6.07) is -2.00. The van der Waals surface area contributed by atoms with E-state index in [0.717, 1.165) is 0 Å². The van der Waals surface area contributed by atoms with E-state index in [0.29, 0.717) is 13.0 Å². The van der Waals surface area contributed by atoms with Crippen LogP contribution in [-0.4, -0.2) is 60.0 Å². The lowest BCUT2D eigenvalue weighted by atomic mass is 9.89. The predicted molar refractivity (Wildman–Crippen MR) is 72.1 cm³/mol. The molecule has 1 rings (SSSR count). The van der Waals surface area contributed by atoms with Crippen LogP contribution in [0.4, 0.5) is 4.79 Å². The van der Waals surface area contributed by atoms with E-state index in [2.05, 4.69) is 10.6 Å². The number of carbonyl (C=O) groups excluding carboxylic acids is 3. The van der Waals surface area contributed by atoms with E-state index in [4.69, 9.17) is 10.8 Å². The second-order valence-corrected chi connectivity index (χ2v) is 5.32. The predicted octanol–water partition coefficient (Wildman–Crippen LogP) is -1.52. The lowest BCUT2D eigenvalue weighted by Gasteiger charge is -2.24. The van der Waals surface area contributed by atoms with Crippen LogP contribution in [0.1, 0.15) is 19.8 Å². The summed E-state index contributed by atoms with van der Waals surface area (Å²) in [5.74, 6) is -2.33. The maximum atomic E-state index is 12.0. The number of aliphatic carboxylic acids is 1. The Kier molecular flexibility index (Phi) is 5.12. The number of hydrogen-bond donors (Lipinski definition) is 4. The van der Waals surface area contributed by atoms with Crippen molar-refractivity contribution in [2.24, 2.45) is 11.1 Å². The Hall–Kier alpha value is -2.32. The Labute approximate surface area is 121 Å². The van der Waals surface area contributed by atoms with Crippen LogP contribution in [0.25, 0.3) is 0 Å². The molecule has 4 amide bonds. The summed E-state index contributed by atoms with van der Waals surface area (Å²) in [6.07, 6.45) is -0.00468. The zero-order chi connectivity index (χ0) is 16.2. The molecule has 5 N–H and O–H groups in total. The average molecular weight is 300 g/mol. The number of likely N-dealkylation sites (tertiary alicyclic amines) is 1. The Morgan fingerprint density at radius 3 is 2.48 bits per heavy atom. The maximum Gasteiger partial charge on any atom is 0.326 e. The zero-order valence-electron chi connectivity index (χ0n) is 12.0. The third-order valence-electron chi connectivity index (χ3n) is 3.54. The summed E-state index contributed by atoms with van der Waals surface area (Å²) >= 11 is 0. The van der Waals surface area contributed by atoms with Crippen molar-refractivity contribution < 1.29 is 24.3 Å². The molecule has 9 nitrogen and oxygen atoms in total. The number of rotatable bonds is 5. The first-order valence-corrected chi connectivity index (χ1v) is 6.48. The van der Waals surface area contributed by atoms with Crippen molar-refractivity contribution in [2.45, 2.75) is 25.8 Å². The van der Waals surface area contributed by atoms with Crippen LogP contribution in [-0.2, 0) is 14.4 Å². The molecule has 0 radical (unpaired) electrons. The Morgan fingerprint density at radius 2 is 2.00 bits per heavy atom. The number of nitrogens with two attached hydrogens (primary N) is 1. The van der Waals surface area contributed by atoms with Crippen LogP contribution >= 0.6 is 0 Å². The molecule has 21 heavy (non-hydrogen) atoms. The van der Waals surface area contributed by atoms with Gasteiger partial charge in [0.25, 0.3) is 0 Å². The molecule has 9 heteroatoms. The van der Waals surface area contributed by atoms with Gasteiger partial charge in [0.2, 0.25) is 11.8 Å². The minimum Gasteiger partial charge on any atom is -0.480 e. The number of carboxylic acid groups (broad SMARTS) is 1. The highest BCUT2D eigenvalue weighted by Crippen LogP contribution is 2.29. The van der Waals surface area contributed by atoms with Crippen LogP contribution in [0, 0.1) is 5.41 Å². The second kappa shape index (κ2) is 6.42. The molecule has 0 spiro atoms. The van der Waals surface area contributed by atoms with E-state index in [1.807, 2.05) is 0 Å². The van der Waals surface area contributed by atoms with Crippen molar-refractivity contribution in [1.82, 2.24) is 15.5 Å². The number of urea groups is 1. The van der Waals surface area contributed by atoms with Gasteiger partial charge in [-0.05, 0) is 13.3 Å². The van der Waals surface area contributed by atoms with Crippen molar-refractivity contribution in [3.8, 4) is 0 Å². The lowest BCUT2D eigenvalue weighted by Crippen LogP contribution is -2.49. The summed E-state index contributed by atoms with van der Waals surface area (Å²) in [6.45, 7) is 2.25. The topological polar surface area (TPSA) is 142 Å². The van der Waals surface area contributed by atoms with E-state index < -0.39 is 35.8 Å². The van der Waals surface area contributed by atoms with E-state index in [-0.39, 0.29) is 12.5 Å². The highest BCUT2D eigenvalue weighted by molar-refractivity contribution is 5.88. The minimum absolute atomic E-state index is 0.176. The highest BCUT2D eigenvalue weighted by Gasteiger charge is 2.42. The van der Waals surface area contributed by atoms with Crippen LogP contribution in [0.15, 0.2) is 0 Å². The second-order valence-electron chi connectivity index (χ2n) is 5.32. The fourth-order valence-electron chi connectivity index (χ4n) is 2.26. The molecule has 0 aromatic rings. The van der Waals surface area contributed by atoms with Gasteiger partial charge in [0.05, 0.1) is 11.8 Å². The van der Waals surface area contributed by atoms with E-state index >= 15 is 0 Å². The molecule has 1 fully saturated rings. The van der Waals surface area contributed by atoms with Crippen molar-refractivity contribution in [2.75, 3.05) is 20.1 Å². The minimum atomic E-state index is -1.37. The maximum absolute atomic E-state index is 12.0. The molecular weight excluding hydrogens is 280 g/mol. The molecule has 1 aliphatic heterocycles. The van der Waals surface area contributed by atoms with E-state index in [9.17, 15) is 19.2 Å². The molecule has 1 saturated heterocycles. The number of carboxylic acids is 1. The molecule has 118 valence electrons. The zero-order valence-corrected chi connectivity index (χ0v) is 12.0. The molecule has 0 aliphatic carbocycles. The Morgan fingerprint density at radius 1 is 1.38 bits per heavy atom. The lowest BCUT2D eigenvalue weighted by molar-refractivity contribution is -0.141. The Balaban J connectivity index is 2.66. The smallest absolute Gasteiger partial charge is 0.326 e. The molecule has 2 atom stereocenters. The van der Waals surface area contributed by atoms with E-state index in [1.165, 1.54) is 11.9 Å². The third-order valence-corrected chi connectivity index (χ3v) is 3.54. The number of carbonyl (C=O) groups is 4. The van der Waals surface area contributed by atoms with Crippen LogP contribution in [0.2, 0.25) is 0 Å². The molecule has 1 heterocycles. The van der Waals surface area contributed by atoms with Gasteiger partial charge >= 0.3 is 12.0 Å². The van der Waals surface area contributed by atoms with Gasteiger partial charge in [-0.3, -0.25) is 9.59 Å². The first-order chi connectivity index (χ1) is 9.69. The summed E-state index contributed by atoms with van der Waals surface area (Å²) in [7, 11) is 1.52. The molecule has 0 aromatic carbocycles. The quantitative estimate of drug-likeness (QED) is 0.488. The van der Waals surface area contributed by atoms with Crippen LogP contribution < -0.4 is 16.4 Å². The fraction of sp³-hybridized carbons (Fsp3) is 0.667. The summed E-state index contributed by atoms with van der Waals surface area (Å²) < 4.78 is 0. The van der Waals surface area contributed by atoms with Crippen LogP contribution in [0.5, 0.6) is 0 Å². The normalized spacial score (nSPS) is 22.5. The summed E-state index contributed by atoms with van der Waals surface area (Å²) in [5.41, 5.74) is 4.24. The van der Waals surface area contributed by atoms with Gasteiger partial charge in [0.15, 0.2) is 0 Å². The van der Waals surface area contributed by atoms with E-state index in [1.54, 1.807) is 6.92 Å². The first-order valence-electron chi connectivity index (χ1n) is 6.48. The molecule has 0 bridgehead atoms. The van der Waals surface area contributed by atoms with Crippen molar-refractivity contribution in [3.63, 3.8) is 0 Å². The fourth-order valence-corrected chi connectivity index (χ4v) is 2.26. The van der Waals surface area contributed by atoms with Gasteiger partial charge in [-0.1, -0.05) is 0 Å². The van der Waals surface area contributed by atoms with Crippen molar-refractivity contribution in [3.05, 3.63) is 0 Å². The number of hydrogen-bond acceptors (Lipinski definition) is 4. The number of nitrogens with zero attached hydrogens (tertiary/aromatic N) is 1. The van der Waals surface area contributed by atoms with Gasteiger partial charge in [-0.25, -0.2) is 9.59 Å². The number of nitrogens with one attached hydrogen (secondary N) is 2. The van der Waals surface area contributed by atoms with Gasteiger partial charge < -0.3 is 26.4 Å². The molecular formula is C12H20N4O5. The van der Waals surface area contributed by atoms with Gasteiger partial charge in [0.1, 0.15) is 6.04 Å². The van der Waals surface area contributed by atoms with Crippen molar-refractivity contribution in [1.29, 1.82) is 0 Å². The van der Waals surface area contributed by atoms with Gasteiger partial charge in [-0.2, -0.15) is 0 Å². The Bertz CT molecular complexity index is 467. The molecule has 1 aliphatic rings. The van der Waals surface area contributed by atoms with Crippen LogP contribution in [0.3, 0.4) is 0 Å². The molecule has 2 unspecified atom stereocenters. The van der Waals surface area contributed by atoms with Gasteiger partial charge in [-0.15, -0.1) is 0 Å². The highest BCUT2D eigenvalue weighted by atomic mass is 16.4. The van der Waals surface area contributed by atoms with Gasteiger partial charge in [0, 0.05) is 20.1 Å². The number of primary amides is 1. The largest absolute Gasteiger partial charge is 0.480 e. The molecule has 0 saturated carbocycles. The first kappa shape index (κ1) is 16.7. The number of amides is 4. The van der Waals surface area contributed by atoms with Crippen molar-refractivity contribution >= 4 is 23.8 Å². The summed E-state index contributed by atoms with van der Waals surface area (Å²) in [5, 5.41) is 13.7. The SMILES string of the molecule is CNC(=O)C1(C)CCN(C(=O)NC(CC(N)=O)C(=O)O)C1. The standard InChI is InChI=1S/C12H20N4O5/c1-12(10(20)14-2)3-4-16(6-12)11(21)15-7(9(18)19)5-8(13)17/h7H,3-6H2,1-2H3,(H2,13,17)(H,14,20)(H,15,21)(H,18,19). The average Bonchev–Trinajstić information content (AvgIpc) is 2.80. The summed E-state index contributed by atoms with van der Waals surface area (Å²) in [4.78, 5) is 46.9. The monoisotopic (exact) mass is 300 g/mol.